The molecule has 9 heteroatoms. The van der Waals surface area contributed by atoms with Gasteiger partial charge in [0, 0.05) is 5.69 Å². The number of furan rings is 1. The first-order valence-electron chi connectivity index (χ1n) is 8.90. The average molecular weight is 423 g/mol. The van der Waals surface area contributed by atoms with Crippen LogP contribution in [0.4, 0.5) is 11.4 Å². The first-order chi connectivity index (χ1) is 14.5. The largest absolute Gasteiger partial charge is 0.459 e. The maximum Gasteiger partial charge on any atom is 0.291 e. The number of aromatic nitrogens is 2. The van der Waals surface area contributed by atoms with Crippen molar-refractivity contribution in [2.45, 2.75) is 6.54 Å². The Labute approximate surface area is 175 Å². The number of benzene rings is 2. The van der Waals surface area contributed by atoms with Crippen molar-refractivity contribution in [3.8, 4) is 0 Å². The number of anilines is 2. The molecule has 8 nitrogen and oxygen atoms in total. The van der Waals surface area contributed by atoms with Gasteiger partial charge >= 0.3 is 0 Å². The molecular formula is C21H15ClN4O4. The molecule has 0 atom stereocenters. The Morgan fingerprint density at radius 1 is 1.07 bits per heavy atom. The van der Waals surface area contributed by atoms with Gasteiger partial charge in [0.1, 0.15) is 6.54 Å². The molecule has 2 aromatic heterocycles. The summed E-state index contributed by atoms with van der Waals surface area (Å²) in [5.74, 6) is -0.696. The highest BCUT2D eigenvalue weighted by Gasteiger charge is 2.13. The van der Waals surface area contributed by atoms with Crippen molar-refractivity contribution >= 4 is 45.8 Å². The third-order valence-corrected chi connectivity index (χ3v) is 4.61. The molecule has 2 N–H and O–H groups in total. The monoisotopic (exact) mass is 422 g/mol. The number of carbonyl (C=O) groups excluding carboxylic acids is 2. The van der Waals surface area contributed by atoms with Crippen molar-refractivity contribution in [2.24, 2.45) is 0 Å². The second kappa shape index (κ2) is 8.22. The number of amides is 2. The minimum Gasteiger partial charge on any atom is -0.459 e. The van der Waals surface area contributed by atoms with Gasteiger partial charge in [0.25, 0.3) is 11.5 Å². The molecule has 0 saturated carbocycles. The quantitative estimate of drug-likeness (QED) is 0.511. The Morgan fingerprint density at radius 2 is 1.90 bits per heavy atom. The van der Waals surface area contributed by atoms with E-state index in [-0.39, 0.29) is 22.9 Å². The summed E-state index contributed by atoms with van der Waals surface area (Å²) >= 11 is 6.22. The standard InChI is InChI=1S/C21H15ClN4O4/c22-14-10-13(7-8-15(14)25-21(29)18-6-3-9-30-18)24-19(27)12-26-17-5-2-1-4-16(17)23-11-20(26)28/h1-11H,12H2,(H,24,27)(H,25,29). The average Bonchev–Trinajstić information content (AvgIpc) is 3.27. The van der Waals surface area contributed by atoms with Gasteiger partial charge in [0.05, 0.1) is 34.2 Å². The van der Waals surface area contributed by atoms with E-state index in [0.717, 1.165) is 0 Å². The molecule has 0 aliphatic rings. The van der Waals surface area contributed by atoms with Gasteiger partial charge in [-0.15, -0.1) is 0 Å². The third kappa shape index (κ3) is 4.08. The maximum absolute atomic E-state index is 12.5. The van der Waals surface area contributed by atoms with Gasteiger partial charge in [-0.25, -0.2) is 4.98 Å². The van der Waals surface area contributed by atoms with Crippen molar-refractivity contribution < 1.29 is 14.0 Å². The Hall–Kier alpha value is -3.91. The molecule has 2 heterocycles. The highest BCUT2D eigenvalue weighted by molar-refractivity contribution is 6.34. The van der Waals surface area contributed by atoms with E-state index >= 15 is 0 Å². The molecule has 0 bridgehead atoms. The molecule has 0 unspecified atom stereocenters. The van der Waals surface area contributed by atoms with Gasteiger partial charge in [0.2, 0.25) is 5.91 Å². The van der Waals surface area contributed by atoms with Crippen molar-refractivity contribution in [2.75, 3.05) is 10.6 Å². The van der Waals surface area contributed by atoms with Crippen LogP contribution in [0.2, 0.25) is 5.02 Å². The lowest BCUT2D eigenvalue weighted by molar-refractivity contribution is -0.116. The van der Waals surface area contributed by atoms with E-state index in [2.05, 4.69) is 15.6 Å². The Kier molecular flexibility index (Phi) is 5.32. The summed E-state index contributed by atoms with van der Waals surface area (Å²) in [6, 6.07) is 14.9. The lowest BCUT2D eigenvalue weighted by Crippen LogP contribution is -2.28. The third-order valence-electron chi connectivity index (χ3n) is 4.30. The van der Waals surface area contributed by atoms with Crippen LogP contribution in [0.25, 0.3) is 11.0 Å². The van der Waals surface area contributed by atoms with Crippen LogP contribution in [0, 0.1) is 0 Å². The molecular weight excluding hydrogens is 408 g/mol. The van der Waals surface area contributed by atoms with Crippen LogP contribution in [0.5, 0.6) is 0 Å². The van der Waals surface area contributed by atoms with E-state index in [1.807, 2.05) is 0 Å². The molecule has 2 amide bonds. The highest BCUT2D eigenvalue weighted by atomic mass is 35.5. The van der Waals surface area contributed by atoms with Crippen LogP contribution in [-0.2, 0) is 11.3 Å². The van der Waals surface area contributed by atoms with Gasteiger partial charge in [-0.05, 0) is 42.5 Å². The van der Waals surface area contributed by atoms with E-state index in [1.54, 1.807) is 42.5 Å². The number of nitrogens with zero attached hydrogens (tertiary/aromatic N) is 2. The van der Waals surface area contributed by atoms with Crippen LogP contribution >= 0.6 is 11.6 Å². The molecule has 4 aromatic rings. The summed E-state index contributed by atoms with van der Waals surface area (Å²) in [5, 5.41) is 5.56. The zero-order chi connectivity index (χ0) is 21.1. The van der Waals surface area contributed by atoms with Crippen LogP contribution in [0.1, 0.15) is 10.6 Å². The molecule has 0 fully saturated rings. The zero-order valence-electron chi connectivity index (χ0n) is 15.5. The predicted molar refractivity (Wildman–Crippen MR) is 113 cm³/mol. The molecule has 4 rings (SSSR count). The summed E-state index contributed by atoms with van der Waals surface area (Å²) in [6.07, 6.45) is 2.58. The highest BCUT2D eigenvalue weighted by Crippen LogP contribution is 2.26. The number of fused-ring (bicyclic) bond motifs is 1. The van der Waals surface area contributed by atoms with E-state index in [4.69, 9.17) is 16.0 Å². The second-order valence-corrected chi connectivity index (χ2v) is 6.75. The van der Waals surface area contributed by atoms with Gasteiger partial charge in [-0.2, -0.15) is 0 Å². The maximum atomic E-state index is 12.5. The topological polar surface area (TPSA) is 106 Å². The Morgan fingerprint density at radius 3 is 2.67 bits per heavy atom. The van der Waals surface area contributed by atoms with Crippen molar-refractivity contribution in [1.29, 1.82) is 0 Å². The number of carbonyl (C=O) groups is 2. The minimum absolute atomic E-state index is 0.151. The van der Waals surface area contributed by atoms with Crippen molar-refractivity contribution in [3.05, 3.63) is 88.2 Å². The summed E-state index contributed by atoms with van der Waals surface area (Å²) < 4.78 is 6.38. The molecule has 0 spiro atoms. The first-order valence-corrected chi connectivity index (χ1v) is 9.28. The number of para-hydroxylation sites is 2. The van der Waals surface area contributed by atoms with E-state index in [1.165, 1.54) is 29.2 Å². The fourth-order valence-corrected chi connectivity index (χ4v) is 3.14. The fraction of sp³-hybridized carbons (Fsp3) is 0.0476. The minimum atomic E-state index is -0.442. The van der Waals surface area contributed by atoms with Gasteiger partial charge in [-0.1, -0.05) is 23.7 Å². The van der Waals surface area contributed by atoms with E-state index in [0.29, 0.717) is 22.4 Å². The molecule has 30 heavy (non-hydrogen) atoms. The second-order valence-electron chi connectivity index (χ2n) is 6.35. The summed E-state index contributed by atoms with van der Waals surface area (Å²) in [4.78, 5) is 40.8. The van der Waals surface area contributed by atoms with Gasteiger partial charge < -0.3 is 15.1 Å². The smallest absolute Gasteiger partial charge is 0.291 e. The number of hydrogen-bond acceptors (Lipinski definition) is 5. The van der Waals surface area contributed by atoms with Crippen LogP contribution in [0.3, 0.4) is 0 Å². The number of halogens is 1. The van der Waals surface area contributed by atoms with Gasteiger partial charge in [0.15, 0.2) is 5.76 Å². The summed E-state index contributed by atoms with van der Waals surface area (Å²) in [7, 11) is 0. The first kappa shape index (κ1) is 19.4. The Balaban J connectivity index is 1.48. The van der Waals surface area contributed by atoms with E-state index < -0.39 is 11.8 Å². The van der Waals surface area contributed by atoms with Crippen LogP contribution in [0.15, 0.2) is 76.3 Å². The Bertz CT molecular complexity index is 1300. The molecule has 0 aliphatic heterocycles. The molecule has 0 radical (unpaired) electrons. The zero-order valence-corrected chi connectivity index (χ0v) is 16.2. The van der Waals surface area contributed by atoms with E-state index in [9.17, 15) is 14.4 Å². The lowest BCUT2D eigenvalue weighted by Gasteiger charge is -2.11. The lowest BCUT2D eigenvalue weighted by atomic mass is 10.2. The molecule has 150 valence electrons. The number of hydrogen-bond donors (Lipinski definition) is 2. The normalized spacial score (nSPS) is 10.7. The van der Waals surface area contributed by atoms with Crippen molar-refractivity contribution in [3.63, 3.8) is 0 Å². The van der Waals surface area contributed by atoms with Crippen LogP contribution in [-0.4, -0.2) is 21.4 Å². The van der Waals surface area contributed by atoms with Crippen molar-refractivity contribution in [1.82, 2.24) is 9.55 Å². The fourth-order valence-electron chi connectivity index (χ4n) is 2.91. The summed E-state index contributed by atoms with van der Waals surface area (Å²) in [5.41, 5.74) is 1.59. The molecule has 2 aromatic carbocycles. The SMILES string of the molecule is O=C(Cn1c(=O)cnc2ccccc21)Nc1ccc(NC(=O)c2ccco2)c(Cl)c1. The van der Waals surface area contributed by atoms with Gasteiger partial charge in [-0.3, -0.25) is 19.0 Å². The van der Waals surface area contributed by atoms with Crippen LogP contribution < -0.4 is 16.2 Å². The summed E-state index contributed by atoms with van der Waals surface area (Å²) in [6.45, 7) is -0.184. The predicted octanol–water partition coefficient (Wildman–Crippen LogP) is 3.53. The number of rotatable bonds is 5. The number of nitrogens with one attached hydrogen (secondary N) is 2. The molecule has 0 saturated heterocycles. The molecule has 0 aliphatic carbocycles.